The highest BCUT2D eigenvalue weighted by molar-refractivity contribution is 5.94. The van der Waals surface area contributed by atoms with E-state index >= 15 is 4.79 Å². The SMILES string of the molecule is CC[C@]1(O)CC2CN(CCc3c([nH]c4ccccc34)[C@](C(=O)OC)(c3cc4c(cc3OC)N(C)C3C45CCN4CC=C[C@](CC)(C45)[C@@H](O)[C@]3(O)OC(C)=O)C2)C1. The van der Waals surface area contributed by atoms with E-state index in [1.807, 2.05) is 56.1 Å². The Balaban J connectivity index is 1.36. The van der Waals surface area contributed by atoms with Crippen LogP contribution in [-0.4, -0.2) is 126 Å². The van der Waals surface area contributed by atoms with Gasteiger partial charge in [0.1, 0.15) is 23.3 Å². The van der Waals surface area contributed by atoms with Crippen molar-refractivity contribution >= 4 is 28.5 Å². The number of benzene rings is 2. The molecule has 12 heteroatoms. The van der Waals surface area contributed by atoms with Crippen LogP contribution in [0.3, 0.4) is 0 Å². The number of aromatic nitrogens is 1. The summed E-state index contributed by atoms with van der Waals surface area (Å²) in [5.74, 6) is -2.96. The maximum Gasteiger partial charge on any atom is 0.322 e. The molecule has 2 aromatic carbocycles. The number of rotatable bonds is 6. The number of aliphatic hydroxyl groups excluding tert-OH is 1. The number of aromatic amines is 1. The highest BCUT2D eigenvalue weighted by Gasteiger charge is 2.78. The van der Waals surface area contributed by atoms with E-state index in [9.17, 15) is 20.1 Å². The number of methoxy groups -OCH3 is 2. The number of fused-ring (bicyclic) bond motifs is 6. The summed E-state index contributed by atoms with van der Waals surface area (Å²) in [4.78, 5) is 38.6. The Labute approximate surface area is 328 Å². The fraction of sp³-hybridized carbons (Fsp3) is 0.591. The molecule has 0 amide bonds. The van der Waals surface area contributed by atoms with Crippen LogP contribution in [0.25, 0.3) is 10.9 Å². The molecular formula is C44H56N4O8. The van der Waals surface area contributed by atoms with Gasteiger partial charge in [0, 0.05) is 90.9 Å². The molecule has 6 aliphatic rings. The average Bonchev–Trinajstić information content (AvgIpc) is 3.84. The average molecular weight is 769 g/mol. The lowest BCUT2D eigenvalue weighted by Crippen LogP contribution is -2.79. The molecule has 2 bridgehead atoms. The molecule has 1 aromatic heterocycles. The van der Waals surface area contributed by atoms with E-state index in [0.29, 0.717) is 69.5 Å². The van der Waals surface area contributed by atoms with Gasteiger partial charge in [0.15, 0.2) is 0 Å². The number of likely N-dealkylation sites (N-methyl/N-ethyl adjacent to an activating group) is 1. The molecule has 10 atom stereocenters. The summed E-state index contributed by atoms with van der Waals surface area (Å²) in [6.45, 7) is 8.72. The summed E-state index contributed by atoms with van der Waals surface area (Å²) >= 11 is 0. The summed E-state index contributed by atoms with van der Waals surface area (Å²) in [5, 5.41) is 38.2. The van der Waals surface area contributed by atoms with E-state index in [-0.39, 0.29) is 12.0 Å². The largest absolute Gasteiger partial charge is 0.496 e. The first-order valence-corrected chi connectivity index (χ1v) is 20.4. The highest BCUT2D eigenvalue weighted by Crippen LogP contribution is 2.67. The second-order valence-corrected chi connectivity index (χ2v) is 17.6. The first-order valence-electron chi connectivity index (χ1n) is 20.4. The van der Waals surface area contributed by atoms with Gasteiger partial charge in [0.25, 0.3) is 5.79 Å². The zero-order valence-electron chi connectivity index (χ0n) is 33.4. The van der Waals surface area contributed by atoms with Gasteiger partial charge in [-0.1, -0.05) is 44.2 Å². The molecule has 300 valence electrons. The summed E-state index contributed by atoms with van der Waals surface area (Å²) in [6.07, 6.45) is 5.93. The van der Waals surface area contributed by atoms with Gasteiger partial charge in [-0.15, -0.1) is 0 Å². The third kappa shape index (κ3) is 4.76. The number of hydrogen-bond acceptors (Lipinski definition) is 11. The lowest BCUT2D eigenvalue weighted by Gasteiger charge is -2.63. The minimum absolute atomic E-state index is 0.0752. The number of H-pyrrole nitrogens is 1. The molecule has 9 rings (SSSR count). The smallest absolute Gasteiger partial charge is 0.322 e. The molecule has 2 saturated heterocycles. The molecule has 1 spiro atoms. The Kier molecular flexibility index (Phi) is 8.59. The van der Waals surface area contributed by atoms with Crippen molar-refractivity contribution in [3.8, 4) is 5.75 Å². The molecule has 6 heterocycles. The fourth-order valence-electron chi connectivity index (χ4n) is 13.1. The fourth-order valence-corrected chi connectivity index (χ4v) is 13.1. The number of nitrogens with one attached hydrogen (secondary N) is 1. The molecule has 0 radical (unpaired) electrons. The topological polar surface area (TPSA) is 148 Å². The third-order valence-corrected chi connectivity index (χ3v) is 15.1. The monoisotopic (exact) mass is 768 g/mol. The van der Waals surface area contributed by atoms with Crippen molar-refractivity contribution in [3.05, 3.63) is 70.9 Å². The van der Waals surface area contributed by atoms with Crippen molar-refractivity contribution in [3.63, 3.8) is 0 Å². The zero-order valence-corrected chi connectivity index (χ0v) is 33.4. The highest BCUT2D eigenvalue weighted by atomic mass is 16.7. The second-order valence-electron chi connectivity index (χ2n) is 17.6. The van der Waals surface area contributed by atoms with E-state index in [2.05, 4.69) is 33.0 Å². The number of para-hydroxylation sites is 1. The van der Waals surface area contributed by atoms with Crippen molar-refractivity contribution in [1.29, 1.82) is 0 Å². The number of carbonyl (C=O) groups excluding carboxylic acids is 2. The molecule has 12 nitrogen and oxygen atoms in total. The van der Waals surface area contributed by atoms with Crippen LogP contribution < -0.4 is 9.64 Å². The third-order valence-electron chi connectivity index (χ3n) is 15.1. The lowest BCUT2D eigenvalue weighted by atomic mass is 9.50. The lowest BCUT2D eigenvalue weighted by molar-refractivity contribution is -0.305. The van der Waals surface area contributed by atoms with Crippen LogP contribution in [0.4, 0.5) is 5.69 Å². The van der Waals surface area contributed by atoms with Gasteiger partial charge in [0.2, 0.25) is 0 Å². The van der Waals surface area contributed by atoms with Crippen LogP contribution >= 0.6 is 0 Å². The summed E-state index contributed by atoms with van der Waals surface area (Å²) in [5.41, 5.74) is 0.989. The van der Waals surface area contributed by atoms with E-state index in [4.69, 9.17) is 14.2 Å². The van der Waals surface area contributed by atoms with Crippen molar-refractivity contribution in [2.45, 2.75) is 99.7 Å². The Bertz CT molecular complexity index is 2140. The van der Waals surface area contributed by atoms with Gasteiger partial charge in [0.05, 0.1) is 19.8 Å². The molecule has 3 fully saturated rings. The van der Waals surface area contributed by atoms with Crippen LogP contribution in [0, 0.1) is 11.3 Å². The zero-order chi connectivity index (χ0) is 39.6. The van der Waals surface area contributed by atoms with Gasteiger partial charge in [-0.2, -0.15) is 0 Å². The number of hydrogen-bond donors (Lipinski definition) is 4. The van der Waals surface area contributed by atoms with Crippen molar-refractivity contribution in [2.24, 2.45) is 11.3 Å². The Morgan fingerprint density at radius 2 is 1.80 bits per heavy atom. The van der Waals surface area contributed by atoms with Crippen molar-refractivity contribution < 1.29 is 39.1 Å². The van der Waals surface area contributed by atoms with E-state index in [0.717, 1.165) is 46.5 Å². The Hall–Kier alpha value is -3.94. The summed E-state index contributed by atoms with van der Waals surface area (Å²) in [7, 11) is 4.94. The van der Waals surface area contributed by atoms with Gasteiger partial charge < -0.3 is 39.4 Å². The maximum absolute atomic E-state index is 15.2. The number of nitrogens with zero attached hydrogens (tertiary/aromatic N) is 3. The van der Waals surface area contributed by atoms with Crippen LogP contribution in [-0.2, 0) is 36.3 Å². The number of ether oxygens (including phenoxy) is 3. The molecule has 4 N–H and O–H groups in total. The minimum Gasteiger partial charge on any atom is -0.496 e. The van der Waals surface area contributed by atoms with E-state index in [1.54, 1.807) is 7.11 Å². The molecule has 5 aliphatic heterocycles. The normalized spacial score (nSPS) is 38.4. The number of aliphatic hydroxyl groups is 3. The molecule has 5 unspecified atom stereocenters. The maximum atomic E-state index is 15.2. The number of carbonyl (C=O) groups is 2. The quantitative estimate of drug-likeness (QED) is 0.165. The van der Waals surface area contributed by atoms with Crippen LogP contribution in [0.2, 0.25) is 0 Å². The first-order chi connectivity index (χ1) is 26.8. The molecule has 1 saturated carbocycles. The summed E-state index contributed by atoms with van der Waals surface area (Å²) < 4.78 is 18.2. The van der Waals surface area contributed by atoms with Gasteiger partial charge in [-0.3, -0.25) is 19.4 Å². The minimum atomic E-state index is -2.27. The summed E-state index contributed by atoms with van der Waals surface area (Å²) in [6, 6.07) is 11.1. The van der Waals surface area contributed by atoms with Crippen LogP contribution in [0.15, 0.2) is 48.6 Å². The molecule has 56 heavy (non-hydrogen) atoms. The molecule has 3 aromatic rings. The van der Waals surface area contributed by atoms with Gasteiger partial charge in [-0.05, 0) is 74.2 Å². The van der Waals surface area contributed by atoms with Gasteiger partial charge >= 0.3 is 11.9 Å². The number of anilines is 1. The Morgan fingerprint density at radius 3 is 2.52 bits per heavy atom. The number of esters is 2. The predicted molar refractivity (Wildman–Crippen MR) is 211 cm³/mol. The predicted octanol–water partition coefficient (Wildman–Crippen LogP) is 3.77. The van der Waals surface area contributed by atoms with Crippen molar-refractivity contribution in [2.75, 3.05) is 58.9 Å². The Morgan fingerprint density at radius 1 is 1.02 bits per heavy atom. The molecular weight excluding hydrogens is 713 g/mol. The first kappa shape index (κ1) is 37.6. The van der Waals surface area contributed by atoms with Crippen LogP contribution in [0.1, 0.15) is 75.3 Å². The van der Waals surface area contributed by atoms with Crippen molar-refractivity contribution in [1.82, 2.24) is 14.8 Å². The van der Waals surface area contributed by atoms with E-state index in [1.165, 1.54) is 14.0 Å². The van der Waals surface area contributed by atoms with E-state index < -0.39 is 51.7 Å². The standard InChI is InChI=1S/C44H56N4O8/c1-7-40(52)22-27-23-43(39(51)55-6,35-29(14-18-47(24-27)25-40)28-12-9-10-13-32(28)45-35)31-20-30-33(21-34(31)54-5)46(4)37-42(30)16-19-48-17-11-15-41(8-2,36(42)48)38(50)44(37,53)56-26(3)49/h9-13,15,20-21,27,36-38,45,50,52-53H,7-8,14,16-19,22-25H2,1-6H3/t27?,36?,37?,38-,40+,41-,42?,43-,44-/m1/s1. The van der Waals surface area contributed by atoms with Gasteiger partial charge in [-0.25, -0.2) is 0 Å². The van der Waals surface area contributed by atoms with Crippen LogP contribution in [0.5, 0.6) is 5.75 Å². The number of piperidine rings is 1. The second kappa shape index (κ2) is 12.8. The molecule has 1 aliphatic carbocycles.